The summed E-state index contributed by atoms with van der Waals surface area (Å²) in [4.78, 5) is 26.0. The van der Waals surface area contributed by atoms with Gasteiger partial charge in [0.15, 0.2) is 0 Å². The minimum absolute atomic E-state index is 0.0532. The first-order chi connectivity index (χ1) is 9.63. The number of aliphatic hydroxyl groups excluding tert-OH is 1. The van der Waals surface area contributed by atoms with E-state index < -0.39 is 6.10 Å². The zero-order valence-corrected chi connectivity index (χ0v) is 11.9. The third-order valence-corrected chi connectivity index (χ3v) is 4.82. The van der Waals surface area contributed by atoms with Crippen LogP contribution in [-0.2, 0) is 9.59 Å². The molecular weight excluding hydrogens is 256 g/mol. The number of carbonyl (C=O) groups excluding carboxylic acids is 2. The summed E-state index contributed by atoms with van der Waals surface area (Å²) in [5.41, 5.74) is 0. The summed E-state index contributed by atoms with van der Waals surface area (Å²) < 4.78 is 0. The van der Waals surface area contributed by atoms with E-state index in [0.717, 1.165) is 32.2 Å². The van der Waals surface area contributed by atoms with Crippen LogP contribution in [0.25, 0.3) is 0 Å². The van der Waals surface area contributed by atoms with Crippen molar-refractivity contribution < 1.29 is 14.7 Å². The fraction of sp³-hybridized carbons (Fsp3) is 0.867. The number of rotatable bonds is 4. The molecule has 5 heteroatoms. The van der Waals surface area contributed by atoms with E-state index >= 15 is 0 Å². The van der Waals surface area contributed by atoms with Crippen LogP contribution < -0.4 is 5.32 Å². The lowest BCUT2D eigenvalue weighted by Crippen LogP contribution is -2.47. The van der Waals surface area contributed by atoms with Crippen LogP contribution in [-0.4, -0.2) is 47.1 Å². The minimum atomic E-state index is -0.424. The van der Waals surface area contributed by atoms with Gasteiger partial charge in [-0.3, -0.25) is 9.59 Å². The van der Waals surface area contributed by atoms with Gasteiger partial charge in [0.1, 0.15) is 0 Å². The molecule has 0 bridgehead atoms. The highest BCUT2D eigenvalue weighted by Crippen LogP contribution is 2.32. The predicted molar refractivity (Wildman–Crippen MR) is 73.8 cm³/mol. The van der Waals surface area contributed by atoms with E-state index in [4.69, 9.17) is 0 Å². The van der Waals surface area contributed by atoms with Crippen molar-refractivity contribution in [3.8, 4) is 0 Å². The molecule has 1 aliphatic heterocycles. The molecule has 3 aliphatic rings. The van der Waals surface area contributed by atoms with E-state index in [1.165, 1.54) is 12.8 Å². The van der Waals surface area contributed by atoms with E-state index in [0.29, 0.717) is 18.9 Å². The molecule has 3 rings (SSSR count). The summed E-state index contributed by atoms with van der Waals surface area (Å²) in [6.45, 7) is 1.39. The van der Waals surface area contributed by atoms with Gasteiger partial charge in [-0.05, 0) is 31.6 Å². The zero-order valence-electron chi connectivity index (χ0n) is 11.9. The molecular formula is C15H24N2O3. The van der Waals surface area contributed by atoms with Gasteiger partial charge in [-0.25, -0.2) is 0 Å². The van der Waals surface area contributed by atoms with Gasteiger partial charge in [0.2, 0.25) is 11.8 Å². The van der Waals surface area contributed by atoms with Crippen LogP contribution in [0.4, 0.5) is 0 Å². The SMILES string of the molecule is O=C(N[C@H]1CCCC[C@@H]1O)C1CC(=O)N(CC2CC2)C1. The Kier molecular flexibility index (Phi) is 3.96. The second kappa shape index (κ2) is 5.72. The fourth-order valence-corrected chi connectivity index (χ4v) is 3.32. The van der Waals surface area contributed by atoms with Gasteiger partial charge >= 0.3 is 0 Å². The first kappa shape index (κ1) is 13.9. The predicted octanol–water partition coefficient (Wildman–Crippen LogP) is 0.665. The van der Waals surface area contributed by atoms with Crippen LogP contribution in [0.15, 0.2) is 0 Å². The largest absolute Gasteiger partial charge is 0.391 e. The molecule has 3 fully saturated rings. The molecule has 1 heterocycles. The number of amides is 2. The summed E-state index contributed by atoms with van der Waals surface area (Å²) in [6, 6.07) is -0.121. The number of hydrogen-bond acceptors (Lipinski definition) is 3. The molecule has 0 aromatic heterocycles. The molecule has 0 aromatic rings. The van der Waals surface area contributed by atoms with Crippen molar-refractivity contribution in [3.05, 3.63) is 0 Å². The number of carbonyl (C=O) groups is 2. The van der Waals surface area contributed by atoms with Crippen LogP contribution in [0.1, 0.15) is 44.9 Å². The van der Waals surface area contributed by atoms with Crippen LogP contribution >= 0.6 is 0 Å². The summed E-state index contributed by atoms with van der Waals surface area (Å²) >= 11 is 0. The number of hydrogen-bond donors (Lipinski definition) is 2. The fourth-order valence-electron chi connectivity index (χ4n) is 3.32. The molecule has 112 valence electrons. The lowest BCUT2D eigenvalue weighted by Gasteiger charge is -2.29. The van der Waals surface area contributed by atoms with Gasteiger partial charge < -0.3 is 15.3 Å². The Balaban J connectivity index is 1.50. The average Bonchev–Trinajstić information content (AvgIpc) is 3.16. The highest BCUT2D eigenvalue weighted by Gasteiger charge is 2.38. The van der Waals surface area contributed by atoms with Crippen LogP contribution in [0.2, 0.25) is 0 Å². The molecule has 3 atom stereocenters. The molecule has 2 aliphatic carbocycles. The molecule has 0 spiro atoms. The smallest absolute Gasteiger partial charge is 0.225 e. The lowest BCUT2D eigenvalue weighted by molar-refractivity contribution is -0.129. The molecule has 2 N–H and O–H groups in total. The van der Waals surface area contributed by atoms with Crippen molar-refractivity contribution in [2.24, 2.45) is 11.8 Å². The van der Waals surface area contributed by atoms with Crippen molar-refractivity contribution in [1.82, 2.24) is 10.2 Å². The van der Waals surface area contributed by atoms with Crippen molar-refractivity contribution in [2.45, 2.75) is 57.1 Å². The molecule has 2 amide bonds. The van der Waals surface area contributed by atoms with Gasteiger partial charge in [-0.15, -0.1) is 0 Å². The van der Waals surface area contributed by atoms with E-state index in [2.05, 4.69) is 5.32 Å². The first-order valence-corrected chi connectivity index (χ1v) is 7.89. The van der Waals surface area contributed by atoms with E-state index in [1.54, 1.807) is 0 Å². The molecule has 1 unspecified atom stereocenters. The van der Waals surface area contributed by atoms with Crippen molar-refractivity contribution in [2.75, 3.05) is 13.1 Å². The Hall–Kier alpha value is -1.10. The third-order valence-electron chi connectivity index (χ3n) is 4.82. The highest BCUT2D eigenvalue weighted by molar-refractivity contribution is 5.89. The Labute approximate surface area is 119 Å². The van der Waals surface area contributed by atoms with Crippen molar-refractivity contribution >= 4 is 11.8 Å². The van der Waals surface area contributed by atoms with Gasteiger partial charge in [-0.2, -0.15) is 0 Å². The Bertz CT molecular complexity index is 395. The maximum absolute atomic E-state index is 12.3. The van der Waals surface area contributed by atoms with Crippen molar-refractivity contribution in [3.63, 3.8) is 0 Å². The summed E-state index contributed by atoms with van der Waals surface area (Å²) in [6.07, 6.45) is 6.05. The maximum atomic E-state index is 12.3. The second-order valence-corrected chi connectivity index (χ2v) is 6.61. The molecule has 0 radical (unpaired) electrons. The highest BCUT2D eigenvalue weighted by atomic mass is 16.3. The summed E-state index contributed by atoms with van der Waals surface area (Å²) in [5.74, 6) is 0.500. The topological polar surface area (TPSA) is 69.6 Å². The average molecular weight is 280 g/mol. The molecule has 5 nitrogen and oxygen atoms in total. The van der Waals surface area contributed by atoms with Gasteiger partial charge in [0.25, 0.3) is 0 Å². The van der Waals surface area contributed by atoms with Gasteiger partial charge in [-0.1, -0.05) is 12.8 Å². The number of likely N-dealkylation sites (tertiary alicyclic amines) is 1. The van der Waals surface area contributed by atoms with E-state index in [-0.39, 0.29) is 23.8 Å². The summed E-state index contributed by atoms with van der Waals surface area (Å²) in [7, 11) is 0. The summed E-state index contributed by atoms with van der Waals surface area (Å²) in [5, 5.41) is 12.9. The quantitative estimate of drug-likeness (QED) is 0.795. The van der Waals surface area contributed by atoms with Gasteiger partial charge in [0, 0.05) is 19.5 Å². The first-order valence-electron chi connectivity index (χ1n) is 7.89. The minimum Gasteiger partial charge on any atom is -0.391 e. The van der Waals surface area contributed by atoms with Crippen LogP contribution in [0, 0.1) is 11.8 Å². The Morgan fingerprint density at radius 2 is 2.00 bits per heavy atom. The van der Waals surface area contributed by atoms with E-state index in [1.807, 2.05) is 4.90 Å². The zero-order chi connectivity index (χ0) is 14.1. The van der Waals surface area contributed by atoms with Crippen molar-refractivity contribution in [1.29, 1.82) is 0 Å². The van der Waals surface area contributed by atoms with Crippen LogP contribution in [0.5, 0.6) is 0 Å². The number of nitrogens with zero attached hydrogens (tertiary/aromatic N) is 1. The number of nitrogens with one attached hydrogen (secondary N) is 1. The Morgan fingerprint density at radius 1 is 1.25 bits per heavy atom. The number of aliphatic hydroxyl groups is 1. The lowest BCUT2D eigenvalue weighted by atomic mass is 9.92. The second-order valence-electron chi connectivity index (χ2n) is 6.61. The normalized spacial score (nSPS) is 34.4. The standard InChI is InChI=1S/C15H24N2O3/c18-13-4-2-1-3-12(13)16-15(20)11-7-14(19)17(9-11)8-10-5-6-10/h10-13,18H,1-9H2,(H,16,20)/t11?,12-,13-/m0/s1. The third kappa shape index (κ3) is 3.14. The molecule has 2 saturated carbocycles. The maximum Gasteiger partial charge on any atom is 0.225 e. The van der Waals surface area contributed by atoms with Crippen LogP contribution in [0.3, 0.4) is 0 Å². The molecule has 1 saturated heterocycles. The monoisotopic (exact) mass is 280 g/mol. The van der Waals surface area contributed by atoms with E-state index in [9.17, 15) is 14.7 Å². The van der Waals surface area contributed by atoms with Gasteiger partial charge in [0.05, 0.1) is 18.1 Å². The Morgan fingerprint density at radius 3 is 2.70 bits per heavy atom. The molecule has 0 aromatic carbocycles. The molecule has 20 heavy (non-hydrogen) atoms.